The number of hydrogen-bond acceptors (Lipinski definition) is 4. The van der Waals surface area contributed by atoms with E-state index in [-0.39, 0.29) is 5.97 Å². The van der Waals surface area contributed by atoms with E-state index in [1.165, 1.54) is 7.11 Å². The Morgan fingerprint density at radius 2 is 1.92 bits per heavy atom. The molecule has 1 aromatic heterocycles. The molecule has 0 aliphatic heterocycles. The van der Waals surface area contributed by atoms with Crippen LogP contribution in [0.15, 0.2) is 53.7 Å². The lowest BCUT2D eigenvalue weighted by Crippen LogP contribution is -2.41. The predicted molar refractivity (Wildman–Crippen MR) is 93.5 cm³/mol. The van der Waals surface area contributed by atoms with Crippen LogP contribution in [0, 0.1) is 12.3 Å². The van der Waals surface area contributed by atoms with Crippen LogP contribution in [0.3, 0.4) is 0 Å². The molecule has 2 rings (SSSR count). The lowest BCUT2D eigenvalue weighted by Gasteiger charge is -2.32. The Labute approximate surface area is 145 Å². The van der Waals surface area contributed by atoms with Crippen molar-refractivity contribution in [2.75, 3.05) is 7.11 Å². The second kappa shape index (κ2) is 7.68. The first kappa shape index (κ1) is 18.3. The molecule has 1 unspecified atom stereocenters. The summed E-state index contributed by atoms with van der Waals surface area (Å²) in [7, 11) is -0.124. The van der Waals surface area contributed by atoms with Gasteiger partial charge in [-0.1, -0.05) is 23.8 Å². The average Bonchev–Trinajstić information content (AvgIpc) is 2.59. The van der Waals surface area contributed by atoms with Gasteiger partial charge in [-0.05, 0) is 44.5 Å². The molecule has 6 heteroatoms. The van der Waals surface area contributed by atoms with Gasteiger partial charge in [0.25, 0.3) is 0 Å². The van der Waals surface area contributed by atoms with Crippen molar-refractivity contribution < 1.29 is 13.7 Å². The number of methoxy groups -OCH3 is 1. The molecular weight excluding hydrogens is 324 g/mol. The van der Waals surface area contributed by atoms with Gasteiger partial charge in [-0.3, -0.25) is 9.78 Å². The van der Waals surface area contributed by atoms with Crippen LogP contribution in [0.25, 0.3) is 0 Å². The van der Waals surface area contributed by atoms with E-state index in [9.17, 15) is 9.00 Å². The standard InChI is InChI=1S/C18H22N2O3S/c1-13-7-9-15(10-8-13)24(22)20-16(14-6-5-11-19-12-14)18(2,3)17(21)23-4/h5-12,16,20H,1-4H3/t16-,24?/m0/s1. The van der Waals surface area contributed by atoms with Gasteiger partial charge in [0, 0.05) is 12.4 Å². The van der Waals surface area contributed by atoms with Gasteiger partial charge in [0.15, 0.2) is 0 Å². The van der Waals surface area contributed by atoms with E-state index in [2.05, 4.69) is 9.71 Å². The van der Waals surface area contributed by atoms with Crippen molar-refractivity contribution in [3.63, 3.8) is 0 Å². The topological polar surface area (TPSA) is 68.3 Å². The number of carbonyl (C=O) groups is 1. The molecule has 5 nitrogen and oxygen atoms in total. The Hall–Kier alpha value is -2.05. The molecule has 0 radical (unpaired) electrons. The summed E-state index contributed by atoms with van der Waals surface area (Å²) in [6.07, 6.45) is 3.32. The highest BCUT2D eigenvalue weighted by molar-refractivity contribution is 7.83. The summed E-state index contributed by atoms with van der Waals surface area (Å²) in [4.78, 5) is 17.0. The van der Waals surface area contributed by atoms with E-state index < -0.39 is 22.4 Å². The quantitative estimate of drug-likeness (QED) is 0.817. The molecule has 1 heterocycles. The molecule has 1 aromatic carbocycles. The van der Waals surface area contributed by atoms with Crippen molar-refractivity contribution in [2.24, 2.45) is 5.41 Å². The maximum absolute atomic E-state index is 12.7. The first-order chi connectivity index (χ1) is 11.4. The van der Waals surface area contributed by atoms with Gasteiger partial charge in [0.05, 0.1) is 23.5 Å². The number of hydrogen-bond donors (Lipinski definition) is 1. The van der Waals surface area contributed by atoms with Crippen LogP contribution in [0.4, 0.5) is 0 Å². The second-order valence-corrected chi connectivity index (χ2v) is 7.38. The van der Waals surface area contributed by atoms with Gasteiger partial charge < -0.3 is 4.74 Å². The Morgan fingerprint density at radius 3 is 2.46 bits per heavy atom. The molecular formula is C18H22N2O3S. The van der Waals surface area contributed by atoms with Crippen molar-refractivity contribution in [1.29, 1.82) is 0 Å². The van der Waals surface area contributed by atoms with Gasteiger partial charge in [-0.25, -0.2) is 8.93 Å². The van der Waals surface area contributed by atoms with Crippen molar-refractivity contribution in [1.82, 2.24) is 9.71 Å². The number of carbonyl (C=O) groups excluding carboxylic acids is 1. The van der Waals surface area contributed by atoms with Crippen LogP contribution in [0.5, 0.6) is 0 Å². The van der Waals surface area contributed by atoms with Gasteiger partial charge in [0.2, 0.25) is 0 Å². The summed E-state index contributed by atoms with van der Waals surface area (Å²) in [6, 6.07) is 10.5. The number of esters is 1. The number of rotatable bonds is 6. The molecule has 0 saturated carbocycles. The zero-order valence-electron chi connectivity index (χ0n) is 14.3. The van der Waals surface area contributed by atoms with Crippen LogP contribution in [-0.2, 0) is 20.5 Å². The number of aryl methyl sites for hydroxylation is 1. The second-order valence-electron chi connectivity index (χ2n) is 6.13. The highest BCUT2D eigenvalue weighted by Gasteiger charge is 2.40. The van der Waals surface area contributed by atoms with Gasteiger partial charge in [-0.15, -0.1) is 0 Å². The number of nitrogens with one attached hydrogen (secondary N) is 1. The van der Waals surface area contributed by atoms with Gasteiger partial charge >= 0.3 is 5.97 Å². The van der Waals surface area contributed by atoms with Crippen molar-refractivity contribution in [3.05, 3.63) is 59.9 Å². The molecule has 2 aromatic rings. The van der Waals surface area contributed by atoms with Crippen LogP contribution in [0.2, 0.25) is 0 Å². The molecule has 0 aliphatic carbocycles. The molecule has 0 spiro atoms. The molecule has 0 amide bonds. The SMILES string of the molecule is COC(=O)C(C)(C)[C@@H](NS(=O)c1ccc(C)cc1)c1cccnc1. The normalized spacial score (nSPS) is 14.0. The van der Waals surface area contributed by atoms with E-state index in [1.807, 2.05) is 37.3 Å². The summed E-state index contributed by atoms with van der Waals surface area (Å²) in [5.74, 6) is -0.384. The highest BCUT2D eigenvalue weighted by atomic mass is 32.2. The molecule has 24 heavy (non-hydrogen) atoms. The van der Waals surface area contributed by atoms with Crippen LogP contribution in [0.1, 0.15) is 31.0 Å². The number of pyridine rings is 1. The monoisotopic (exact) mass is 346 g/mol. The minimum Gasteiger partial charge on any atom is -0.469 e. The highest BCUT2D eigenvalue weighted by Crippen LogP contribution is 2.35. The van der Waals surface area contributed by atoms with Crippen molar-refractivity contribution >= 4 is 17.0 Å². The first-order valence-electron chi connectivity index (χ1n) is 7.59. The number of nitrogens with zero attached hydrogens (tertiary/aromatic N) is 1. The number of aromatic nitrogens is 1. The van der Waals surface area contributed by atoms with Crippen LogP contribution in [-0.4, -0.2) is 22.3 Å². The Bertz CT molecular complexity index is 715. The lowest BCUT2D eigenvalue weighted by atomic mass is 9.81. The predicted octanol–water partition coefficient (Wildman–Crippen LogP) is 2.94. The summed E-state index contributed by atoms with van der Waals surface area (Å²) in [5, 5.41) is 0. The Morgan fingerprint density at radius 1 is 1.25 bits per heavy atom. The molecule has 0 bridgehead atoms. The van der Waals surface area contributed by atoms with Crippen molar-refractivity contribution in [2.45, 2.75) is 31.7 Å². The van der Waals surface area contributed by atoms with Crippen molar-refractivity contribution in [3.8, 4) is 0 Å². The number of ether oxygens (including phenoxy) is 1. The fourth-order valence-corrected chi connectivity index (χ4v) is 3.56. The van der Waals surface area contributed by atoms with E-state index in [4.69, 9.17) is 4.74 Å². The molecule has 0 aliphatic rings. The molecule has 1 N–H and O–H groups in total. The third kappa shape index (κ3) is 4.07. The fourth-order valence-electron chi connectivity index (χ4n) is 2.40. The molecule has 2 atom stereocenters. The Kier molecular flexibility index (Phi) is 5.85. The van der Waals surface area contributed by atoms with Gasteiger partial charge in [0.1, 0.15) is 11.0 Å². The van der Waals surface area contributed by atoms with Gasteiger partial charge in [-0.2, -0.15) is 0 Å². The van der Waals surface area contributed by atoms with E-state index >= 15 is 0 Å². The third-order valence-corrected chi connectivity index (χ3v) is 5.06. The largest absolute Gasteiger partial charge is 0.469 e. The lowest BCUT2D eigenvalue weighted by molar-refractivity contribution is -0.152. The smallest absolute Gasteiger partial charge is 0.313 e. The van der Waals surface area contributed by atoms with Crippen LogP contribution < -0.4 is 4.72 Å². The average molecular weight is 346 g/mol. The maximum Gasteiger partial charge on any atom is 0.313 e. The minimum absolute atomic E-state index is 0.384. The molecule has 128 valence electrons. The Balaban J connectivity index is 2.34. The zero-order valence-corrected chi connectivity index (χ0v) is 15.1. The summed E-state index contributed by atoms with van der Waals surface area (Å²) in [6.45, 7) is 5.49. The summed E-state index contributed by atoms with van der Waals surface area (Å²) < 4.78 is 20.7. The molecule has 0 saturated heterocycles. The maximum atomic E-state index is 12.7. The third-order valence-electron chi connectivity index (χ3n) is 3.91. The zero-order chi connectivity index (χ0) is 17.7. The van der Waals surface area contributed by atoms with E-state index in [0.717, 1.165) is 11.1 Å². The van der Waals surface area contributed by atoms with E-state index in [0.29, 0.717) is 4.90 Å². The summed E-state index contributed by atoms with van der Waals surface area (Å²) >= 11 is 0. The summed E-state index contributed by atoms with van der Waals surface area (Å²) in [5.41, 5.74) is 0.945. The van der Waals surface area contributed by atoms with E-state index in [1.54, 1.807) is 32.3 Å². The molecule has 0 fully saturated rings. The first-order valence-corrected chi connectivity index (χ1v) is 8.74. The van der Waals surface area contributed by atoms with Crippen LogP contribution >= 0.6 is 0 Å². The fraction of sp³-hybridized carbons (Fsp3) is 0.333. The minimum atomic E-state index is -1.47. The number of benzene rings is 1.